The quantitative estimate of drug-likeness (QED) is 0.813. The van der Waals surface area contributed by atoms with Gasteiger partial charge in [-0.05, 0) is 18.1 Å². The van der Waals surface area contributed by atoms with Crippen LogP contribution in [0.5, 0.6) is 0 Å². The van der Waals surface area contributed by atoms with Crippen LogP contribution in [0.25, 0.3) is 0 Å². The van der Waals surface area contributed by atoms with E-state index in [0.29, 0.717) is 17.9 Å². The van der Waals surface area contributed by atoms with Gasteiger partial charge in [-0.1, -0.05) is 13.8 Å². The molecule has 0 unspecified atom stereocenters. The summed E-state index contributed by atoms with van der Waals surface area (Å²) in [5, 5.41) is 8.80. The van der Waals surface area contributed by atoms with E-state index in [1.165, 1.54) is 4.90 Å². The van der Waals surface area contributed by atoms with Gasteiger partial charge in [0.1, 0.15) is 5.82 Å². The molecule has 94 valence electrons. The molecule has 0 aromatic carbocycles. The average molecular weight is 237 g/mol. The number of hydrogen-bond donors (Lipinski definition) is 2. The summed E-state index contributed by atoms with van der Waals surface area (Å²) in [6.45, 7) is 4.23. The van der Waals surface area contributed by atoms with Gasteiger partial charge in [0.25, 0.3) is 5.91 Å². The fourth-order valence-electron chi connectivity index (χ4n) is 1.47. The first-order valence-electron chi connectivity index (χ1n) is 5.59. The maximum Gasteiger partial charge on any atom is 0.253 e. The normalized spacial score (nSPS) is 10.6. The van der Waals surface area contributed by atoms with Crippen molar-refractivity contribution in [3.63, 3.8) is 0 Å². The van der Waals surface area contributed by atoms with Gasteiger partial charge in [-0.15, -0.1) is 0 Å². The Kier molecular flexibility index (Phi) is 4.45. The Balaban J connectivity index is 3.01. The highest BCUT2D eigenvalue weighted by molar-refractivity contribution is 5.94. The summed E-state index contributed by atoms with van der Waals surface area (Å²) in [5.41, 5.74) is 6.99. The molecule has 0 aliphatic rings. The number of aromatic nitrogens is 1. The molecule has 0 atom stereocenters. The van der Waals surface area contributed by atoms with Crippen LogP contribution in [0.1, 0.15) is 35.8 Å². The number of anilines is 1. The first-order valence-corrected chi connectivity index (χ1v) is 5.59. The molecule has 1 heterocycles. The van der Waals surface area contributed by atoms with E-state index in [-0.39, 0.29) is 18.4 Å². The molecule has 5 heteroatoms. The number of rotatable bonds is 4. The number of hydrogen-bond acceptors (Lipinski definition) is 4. The van der Waals surface area contributed by atoms with Crippen molar-refractivity contribution in [1.82, 2.24) is 9.88 Å². The second-order valence-electron chi connectivity index (χ2n) is 4.31. The Morgan fingerprint density at radius 3 is 2.71 bits per heavy atom. The molecule has 0 saturated heterocycles. The van der Waals surface area contributed by atoms with E-state index in [0.717, 1.165) is 5.69 Å². The van der Waals surface area contributed by atoms with Crippen LogP contribution in [0.2, 0.25) is 0 Å². The SMILES string of the molecule is CC(C)c1cc(C(=O)N(C)CCO)cc(N)n1. The van der Waals surface area contributed by atoms with Gasteiger partial charge < -0.3 is 15.7 Å². The molecule has 0 aliphatic heterocycles. The minimum atomic E-state index is -0.157. The summed E-state index contributed by atoms with van der Waals surface area (Å²) in [5.74, 6) is 0.403. The third-order valence-electron chi connectivity index (χ3n) is 2.49. The number of carbonyl (C=O) groups is 1. The highest BCUT2D eigenvalue weighted by Crippen LogP contribution is 2.16. The molecule has 0 saturated carbocycles. The molecule has 0 aliphatic carbocycles. The van der Waals surface area contributed by atoms with Gasteiger partial charge in [0.05, 0.1) is 6.61 Å². The second kappa shape index (κ2) is 5.63. The monoisotopic (exact) mass is 237 g/mol. The molecule has 17 heavy (non-hydrogen) atoms. The summed E-state index contributed by atoms with van der Waals surface area (Å²) in [6, 6.07) is 3.30. The van der Waals surface area contributed by atoms with Crippen LogP contribution in [0, 0.1) is 0 Å². The van der Waals surface area contributed by atoms with Crippen molar-refractivity contribution in [3.05, 3.63) is 23.4 Å². The van der Waals surface area contributed by atoms with E-state index < -0.39 is 0 Å². The molecule has 0 bridgehead atoms. The zero-order valence-electron chi connectivity index (χ0n) is 10.5. The summed E-state index contributed by atoms with van der Waals surface area (Å²) in [7, 11) is 1.64. The summed E-state index contributed by atoms with van der Waals surface area (Å²) >= 11 is 0. The molecule has 1 amide bonds. The van der Waals surface area contributed by atoms with Gasteiger partial charge in [-0.3, -0.25) is 4.79 Å². The molecule has 0 spiro atoms. The van der Waals surface area contributed by atoms with Gasteiger partial charge in [0.2, 0.25) is 0 Å². The Morgan fingerprint density at radius 2 is 2.18 bits per heavy atom. The topological polar surface area (TPSA) is 79.5 Å². The number of pyridine rings is 1. The number of likely N-dealkylation sites (N-methyl/N-ethyl adjacent to an activating group) is 1. The van der Waals surface area contributed by atoms with Crippen LogP contribution >= 0.6 is 0 Å². The molecule has 0 fully saturated rings. The van der Waals surface area contributed by atoms with Crippen molar-refractivity contribution in [2.75, 3.05) is 25.9 Å². The van der Waals surface area contributed by atoms with Crippen molar-refractivity contribution >= 4 is 11.7 Å². The fourth-order valence-corrected chi connectivity index (χ4v) is 1.47. The molecular weight excluding hydrogens is 218 g/mol. The first-order chi connectivity index (χ1) is 7.95. The van der Waals surface area contributed by atoms with E-state index in [2.05, 4.69) is 4.98 Å². The maximum absolute atomic E-state index is 12.0. The van der Waals surface area contributed by atoms with Crippen LogP contribution in [-0.2, 0) is 0 Å². The highest BCUT2D eigenvalue weighted by Gasteiger charge is 2.14. The van der Waals surface area contributed by atoms with Gasteiger partial charge >= 0.3 is 0 Å². The Hall–Kier alpha value is -1.62. The van der Waals surface area contributed by atoms with E-state index in [4.69, 9.17) is 10.8 Å². The number of nitrogens with two attached hydrogens (primary N) is 1. The standard InChI is InChI=1S/C12H19N3O2/c1-8(2)10-6-9(7-11(13)14-10)12(17)15(3)4-5-16/h6-8,16H,4-5H2,1-3H3,(H2,13,14). The van der Waals surface area contributed by atoms with Crippen LogP contribution in [0.3, 0.4) is 0 Å². The smallest absolute Gasteiger partial charge is 0.253 e. The zero-order valence-corrected chi connectivity index (χ0v) is 10.5. The summed E-state index contributed by atoms with van der Waals surface area (Å²) < 4.78 is 0. The molecule has 1 aromatic rings. The number of amides is 1. The number of carbonyl (C=O) groups excluding carboxylic acids is 1. The maximum atomic E-state index is 12.0. The third-order valence-corrected chi connectivity index (χ3v) is 2.49. The van der Waals surface area contributed by atoms with Crippen LogP contribution in [0.15, 0.2) is 12.1 Å². The highest BCUT2D eigenvalue weighted by atomic mass is 16.3. The molecule has 5 nitrogen and oxygen atoms in total. The van der Waals surface area contributed by atoms with E-state index >= 15 is 0 Å². The van der Waals surface area contributed by atoms with Crippen molar-refractivity contribution in [2.45, 2.75) is 19.8 Å². The third kappa shape index (κ3) is 3.42. The lowest BCUT2D eigenvalue weighted by atomic mass is 10.1. The van der Waals surface area contributed by atoms with Crippen LogP contribution in [-0.4, -0.2) is 41.1 Å². The Bertz CT molecular complexity index is 405. The predicted octanol–water partition coefficient (Wildman–Crippen LogP) is 0.852. The van der Waals surface area contributed by atoms with Gasteiger partial charge in [-0.2, -0.15) is 0 Å². The molecule has 1 aromatic heterocycles. The van der Waals surface area contributed by atoms with Crippen LogP contribution in [0.4, 0.5) is 5.82 Å². The van der Waals surface area contributed by atoms with Gasteiger partial charge in [0, 0.05) is 24.8 Å². The molecule has 1 rings (SSSR count). The predicted molar refractivity (Wildman–Crippen MR) is 66.8 cm³/mol. The average Bonchev–Trinajstić information content (AvgIpc) is 2.27. The van der Waals surface area contributed by atoms with Crippen molar-refractivity contribution in [2.24, 2.45) is 0 Å². The van der Waals surface area contributed by atoms with Crippen molar-refractivity contribution < 1.29 is 9.90 Å². The fraction of sp³-hybridized carbons (Fsp3) is 0.500. The molecule has 0 radical (unpaired) electrons. The Morgan fingerprint density at radius 1 is 1.53 bits per heavy atom. The minimum Gasteiger partial charge on any atom is -0.395 e. The molecular formula is C12H19N3O2. The van der Waals surface area contributed by atoms with Crippen molar-refractivity contribution in [1.29, 1.82) is 0 Å². The second-order valence-corrected chi connectivity index (χ2v) is 4.31. The zero-order chi connectivity index (χ0) is 13.0. The number of nitrogen functional groups attached to an aromatic ring is 1. The lowest BCUT2D eigenvalue weighted by Gasteiger charge is -2.16. The number of aliphatic hydroxyl groups excluding tert-OH is 1. The lowest BCUT2D eigenvalue weighted by Crippen LogP contribution is -2.29. The number of nitrogens with zero attached hydrogens (tertiary/aromatic N) is 2. The summed E-state index contributed by atoms with van der Waals surface area (Å²) in [6.07, 6.45) is 0. The van der Waals surface area contributed by atoms with E-state index in [9.17, 15) is 4.79 Å². The van der Waals surface area contributed by atoms with E-state index in [1.807, 2.05) is 13.8 Å². The summed E-state index contributed by atoms with van der Waals surface area (Å²) in [4.78, 5) is 17.6. The van der Waals surface area contributed by atoms with Gasteiger partial charge in [-0.25, -0.2) is 4.98 Å². The first kappa shape index (κ1) is 13.4. The molecule has 3 N–H and O–H groups in total. The number of aliphatic hydroxyl groups is 1. The van der Waals surface area contributed by atoms with Gasteiger partial charge in [0.15, 0.2) is 0 Å². The van der Waals surface area contributed by atoms with Crippen LogP contribution < -0.4 is 5.73 Å². The Labute approximate surface area is 101 Å². The van der Waals surface area contributed by atoms with Crippen molar-refractivity contribution in [3.8, 4) is 0 Å². The largest absolute Gasteiger partial charge is 0.395 e. The minimum absolute atomic E-state index is 0.0557. The lowest BCUT2D eigenvalue weighted by molar-refractivity contribution is 0.0767. The van der Waals surface area contributed by atoms with E-state index in [1.54, 1.807) is 19.2 Å².